The molecule has 22 heavy (non-hydrogen) atoms. The third-order valence-corrected chi connectivity index (χ3v) is 3.45. The number of rotatable bonds is 12. The molecule has 0 aromatic rings. The highest BCUT2D eigenvalue weighted by atomic mass is 16.5. The maximum atomic E-state index is 11.7. The fourth-order valence-electron chi connectivity index (χ4n) is 2.10. The van der Waals surface area contributed by atoms with Crippen LogP contribution < -0.4 is 5.32 Å². The molecule has 0 aliphatic heterocycles. The smallest absolute Gasteiger partial charge is 0.328 e. The van der Waals surface area contributed by atoms with Gasteiger partial charge < -0.3 is 14.8 Å². The zero-order valence-electron chi connectivity index (χ0n) is 14.0. The lowest BCUT2D eigenvalue weighted by atomic mass is 10.1. The van der Waals surface area contributed by atoms with Crippen molar-refractivity contribution in [1.82, 2.24) is 5.32 Å². The second-order valence-corrected chi connectivity index (χ2v) is 5.28. The topological polar surface area (TPSA) is 81.7 Å². The van der Waals surface area contributed by atoms with Crippen molar-refractivity contribution in [2.24, 2.45) is 0 Å². The van der Waals surface area contributed by atoms with Crippen LogP contribution in [0, 0.1) is 0 Å². The summed E-state index contributed by atoms with van der Waals surface area (Å²) in [6, 6.07) is -0.638. The second kappa shape index (κ2) is 13.1. The molecule has 0 aromatic carbocycles. The summed E-state index contributed by atoms with van der Waals surface area (Å²) < 4.78 is 9.19. The summed E-state index contributed by atoms with van der Waals surface area (Å²) >= 11 is 0. The summed E-state index contributed by atoms with van der Waals surface area (Å²) in [6.07, 6.45) is 7.23. The van der Waals surface area contributed by atoms with E-state index in [0.29, 0.717) is 6.42 Å². The van der Waals surface area contributed by atoms with Gasteiger partial charge in [0.1, 0.15) is 6.04 Å². The fourth-order valence-corrected chi connectivity index (χ4v) is 2.10. The van der Waals surface area contributed by atoms with E-state index in [2.05, 4.69) is 17.0 Å². The van der Waals surface area contributed by atoms with Gasteiger partial charge in [0.25, 0.3) is 0 Å². The molecule has 0 rings (SSSR count). The third kappa shape index (κ3) is 10.2. The standard InChI is InChI=1S/C16H29NO5/c1-4-5-6-7-8-9-10-13(16(20)22-3)17-14(18)11-12-15(19)21-2/h13H,4-12H2,1-3H3,(H,17,18)/t13-/m0/s1. The van der Waals surface area contributed by atoms with E-state index in [1.54, 1.807) is 0 Å². The van der Waals surface area contributed by atoms with Crippen LogP contribution in [0.25, 0.3) is 0 Å². The summed E-state index contributed by atoms with van der Waals surface area (Å²) in [6.45, 7) is 2.16. The molecule has 6 heteroatoms. The summed E-state index contributed by atoms with van der Waals surface area (Å²) in [5, 5.41) is 2.63. The van der Waals surface area contributed by atoms with E-state index in [1.165, 1.54) is 33.5 Å². The van der Waals surface area contributed by atoms with Gasteiger partial charge >= 0.3 is 11.9 Å². The number of carbonyl (C=O) groups is 3. The molecule has 0 bridgehead atoms. The lowest BCUT2D eigenvalue weighted by Gasteiger charge is -2.16. The van der Waals surface area contributed by atoms with Crippen LogP contribution in [0.3, 0.4) is 0 Å². The molecule has 1 N–H and O–H groups in total. The molecular formula is C16H29NO5. The van der Waals surface area contributed by atoms with Gasteiger partial charge in [-0.15, -0.1) is 0 Å². The van der Waals surface area contributed by atoms with Gasteiger partial charge in [-0.1, -0.05) is 45.4 Å². The summed E-state index contributed by atoms with van der Waals surface area (Å²) in [5.41, 5.74) is 0. The van der Waals surface area contributed by atoms with Gasteiger partial charge in [-0.05, 0) is 6.42 Å². The molecule has 0 saturated carbocycles. The van der Waals surface area contributed by atoms with Gasteiger partial charge in [0.15, 0.2) is 0 Å². The Morgan fingerprint density at radius 1 is 0.909 bits per heavy atom. The first-order chi connectivity index (χ1) is 10.5. The molecule has 1 atom stereocenters. The number of unbranched alkanes of at least 4 members (excludes halogenated alkanes) is 5. The fraction of sp³-hybridized carbons (Fsp3) is 0.812. The largest absolute Gasteiger partial charge is 0.469 e. The number of nitrogens with one attached hydrogen (secondary N) is 1. The van der Waals surface area contributed by atoms with E-state index in [-0.39, 0.29) is 18.7 Å². The van der Waals surface area contributed by atoms with Gasteiger partial charge in [-0.25, -0.2) is 4.79 Å². The van der Waals surface area contributed by atoms with E-state index >= 15 is 0 Å². The summed E-state index contributed by atoms with van der Waals surface area (Å²) in [7, 11) is 2.58. The highest BCUT2D eigenvalue weighted by Crippen LogP contribution is 2.10. The minimum Gasteiger partial charge on any atom is -0.469 e. The molecule has 6 nitrogen and oxygen atoms in total. The third-order valence-electron chi connectivity index (χ3n) is 3.45. The normalized spacial score (nSPS) is 11.6. The number of hydrogen-bond donors (Lipinski definition) is 1. The molecule has 0 saturated heterocycles. The number of ether oxygens (including phenoxy) is 2. The van der Waals surface area contributed by atoms with Crippen molar-refractivity contribution in [2.45, 2.75) is 70.8 Å². The van der Waals surface area contributed by atoms with Gasteiger partial charge in [0, 0.05) is 6.42 Å². The zero-order valence-corrected chi connectivity index (χ0v) is 14.0. The molecule has 0 unspecified atom stereocenters. The number of carbonyl (C=O) groups excluding carboxylic acids is 3. The van der Waals surface area contributed by atoms with E-state index in [9.17, 15) is 14.4 Å². The molecular weight excluding hydrogens is 286 g/mol. The van der Waals surface area contributed by atoms with Gasteiger partial charge in [-0.2, -0.15) is 0 Å². The van der Waals surface area contributed by atoms with E-state index in [0.717, 1.165) is 19.3 Å². The molecule has 0 spiro atoms. The maximum Gasteiger partial charge on any atom is 0.328 e. The summed E-state index contributed by atoms with van der Waals surface area (Å²) in [5.74, 6) is -1.23. The van der Waals surface area contributed by atoms with Gasteiger partial charge in [0.05, 0.1) is 20.6 Å². The Bertz CT molecular complexity index is 343. The number of methoxy groups -OCH3 is 2. The van der Waals surface area contributed by atoms with Crippen molar-refractivity contribution in [3.63, 3.8) is 0 Å². The molecule has 1 amide bonds. The van der Waals surface area contributed by atoms with Crippen molar-refractivity contribution in [3.8, 4) is 0 Å². The lowest BCUT2D eigenvalue weighted by Crippen LogP contribution is -2.41. The minimum absolute atomic E-state index is 0.00719. The van der Waals surface area contributed by atoms with Crippen LogP contribution in [0.5, 0.6) is 0 Å². The molecule has 128 valence electrons. The second-order valence-electron chi connectivity index (χ2n) is 5.28. The first-order valence-corrected chi connectivity index (χ1v) is 7.99. The molecule has 0 radical (unpaired) electrons. The van der Waals surface area contributed by atoms with Crippen LogP contribution in [0.4, 0.5) is 0 Å². The van der Waals surface area contributed by atoms with Crippen molar-refractivity contribution in [3.05, 3.63) is 0 Å². The highest BCUT2D eigenvalue weighted by molar-refractivity contribution is 5.86. The predicted molar refractivity (Wildman–Crippen MR) is 83.2 cm³/mol. The molecule has 0 aliphatic carbocycles. The van der Waals surface area contributed by atoms with E-state index in [1.807, 2.05) is 0 Å². The highest BCUT2D eigenvalue weighted by Gasteiger charge is 2.21. The molecule has 0 aliphatic rings. The quantitative estimate of drug-likeness (QED) is 0.441. The van der Waals surface area contributed by atoms with E-state index < -0.39 is 18.0 Å². The van der Waals surface area contributed by atoms with Gasteiger partial charge in [0.2, 0.25) is 5.91 Å². The van der Waals surface area contributed by atoms with E-state index in [4.69, 9.17) is 4.74 Å². The first kappa shape index (κ1) is 20.4. The van der Waals surface area contributed by atoms with Crippen LogP contribution in [0.1, 0.15) is 64.7 Å². The average molecular weight is 315 g/mol. The Balaban J connectivity index is 4.09. The number of amides is 1. The Morgan fingerprint density at radius 2 is 1.55 bits per heavy atom. The van der Waals surface area contributed by atoms with Crippen LogP contribution in [-0.4, -0.2) is 38.1 Å². The van der Waals surface area contributed by atoms with Crippen molar-refractivity contribution in [2.75, 3.05) is 14.2 Å². The van der Waals surface area contributed by atoms with Crippen LogP contribution in [0.15, 0.2) is 0 Å². The molecule has 0 aromatic heterocycles. The monoisotopic (exact) mass is 315 g/mol. The molecule has 0 heterocycles. The maximum absolute atomic E-state index is 11.7. The minimum atomic E-state index is -0.638. The Hall–Kier alpha value is -1.59. The van der Waals surface area contributed by atoms with Crippen LogP contribution in [0.2, 0.25) is 0 Å². The SMILES string of the molecule is CCCCCCCC[C@H](NC(=O)CCC(=O)OC)C(=O)OC. The Kier molecular flexibility index (Phi) is 12.2. The Morgan fingerprint density at radius 3 is 2.14 bits per heavy atom. The lowest BCUT2D eigenvalue weighted by molar-refractivity contribution is -0.145. The van der Waals surface area contributed by atoms with Crippen LogP contribution >= 0.6 is 0 Å². The Labute approximate surface area is 132 Å². The van der Waals surface area contributed by atoms with Crippen molar-refractivity contribution < 1.29 is 23.9 Å². The molecule has 0 fully saturated rings. The number of esters is 2. The van der Waals surface area contributed by atoms with Crippen molar-refractivity contribution >= 4 is 17.8 Å². The summed E-state index contributed by atoms with van der Waals surface area (Å²) in [4.78, 5) is 34.4. The average Bonchev–Trinajstić information content (AvgIpc) is 2.53. The van der Waals surface area contributed by atoms with Gasteiger partial charge in [-0.3, -0.25) is 9.59 Å². The predicted octanol–water partition coefficient (Wildman–Crippen LogP) is 2.35. The van der Waals surface area contributed by atoms with Crippen molar-refractivity contribution in [1.29, 1.82) is 0 Å². The first-order valence-electron chi connectivity index (χ1n) is 7.99. The number of hydrogen-bond acceptors (Lipinski definition) is 5. The van der Waals surface area contributed by atoms with Crippen LogP contribution in [-0.2, 0) is 23.9 Å². The zero-order chi connectivity index (χ0) is 16.8.